The van der Waals surface area contributed by atoms with E-state index in [2.05, 4.69) is 31.1 Å². The summed E-state index contributed by atoms with van der Waals surface area (Å²) in [4.78, 5) is 29.8. The average molecular weight is 432 g/mol. The normalized spacial score (nSPS) is 26.5. The minimum atomic E-state index is -0.136. The summed E-state index contributed by atoms with van der Waals surface area (Å²) in [7, 11) is 5.57. The number of ether oxygens (including phenoxy) is 2. The number of fused-ring (bicyclic) bond motifs is 1. The van der Waals surface area contributed by atoms with Crippen molar-refractivity contribution in [3.63, 3.8) is 0 Å². The monoisotopic (exact) mass is 431 g/mol. The van der Waals surface area contributed by atoms with Gasteiger partial charge in [-0.05, 0) is 50.9 Å². The second kappa shape index (κ2) is 10.5. The highest BCUT2D eigenvalue weighted by Crippen LogP contribution is 2.29. The summed E-state index contributed by atoms with van der Waals surface area (Å²) in [6.45, 7) is 6.07. The van der Waals surface area contributed by atoms with Crippen molar-refractivity contribution in [3.05, 3.63) is 23.8 Å². The van der Waals surface area contributed by atoms with Gasteiger partial charge in [-0.2, -0.15) is 0 Å². The Morgan fingerprint density at radius 3 is 2.55 bits per heavy atom. The molecule has 0 unspecified atom stereocenters. The number of nitrogens with zero attached hydrogens (tertiary/aromatic N) is 2. The van der Waals surface area contributed by atoms with E-state index in [1.54, 1.807) is 31.2 Å². The van der Waals surface area contributed by atoms with Gasteiger partial charge in [-0.15, -0.1) is 0 Å². The van der Waals surface area contributed by atoms with Crippen molar-refractivity contribution in [3.8, 4) is 5.75 Å². The number of hydrogen-bond acceptors (Lipinski definition) is 5. The summed E-state index contributed by atoms with van der Waals surface area (Å²) in [5.74, 6) is 0.761. The molecule has 2 amide bonds. The zero-order valence-corrected chi connectivity index (χ0v) is 19.5. The van der Waals surface area contributed by atoms with Gasteiger partial charge in [0.05, 0.1) is 11.7 Å². The molecular weight excluding hydrogens is 394 g/mol. The quantitative estimate of drug-likeness (QED) is 0.796. The third kappa shape index (κ3) is 5.77. The van der Waals surface area contributed by atoms with Crippen LogP contribution in [0, 0.1) is 11.8 Å². The van der Waals surface area contributed by atoms with Gasteiger partial charge in [-0.1, -0.05) is 19.8 Å². The van der Waals surface area contributed by atoms with Crippen molar-refractivity contribution in [1.29, 1.82) is 0 Å². The average Bonchev–Trinajstić information content (AvgIpc) is 3.29. The first kappa shape index (κ1) is 23.5. The number of amides is 2. The molecule has 1 heterocycles. The predicted molar refractivity (Wildman–Crippen MR) is 122 cm³/mol. The van der Waals surface area contributed by atoms with Gasteiger partial charge in [0.2, 0.25) is 5.91 Å². The van der Waals surface area contributed by atoms with Crippen molar-refractivity contribution in [2.75, 3.05) is 46.2 Å². The van der Waals surface area contributed by atoms with Crippen molar-refractivity contribution in [2.45, 2.75) is 51.7 Å². The van der Waals surface area contributed by atoms with E-state index < -0.39 is 0 Å². The summed E-state index contributed by atoms with van der Waals surface area (Å²) in [6.07, 6.45) is 4.00. The second-order valence-corrected chi connectivity index (χ2v) is 9.22. The Kier molecular flexibility index (Phi) is 7.94. The van der Waals surface area contributed by atoms with E-state index in [0.29, 0.717) is 30.2 Å². The molecule has 7 heteroatoms. The number of rotatable bonds is 3. The summed E-state index contributed by atoms with van der Waals surface area (Å²) in [5, 5.41) is 3.00. The third-order valence-electron chi connectivity index (χ3n) is 6.75. The molecule has 172 valence electrons. The van der Waals surface area contributed by atoms with Crippen molar-refractivity contribution < 1.29 is 19.1 Å². The van der Waals surface area contributed by atoms with Gasteiger partial charge in [0.1, 0.15) is 12.4 Å². The summed E-state index contributed by atoms with van der Waals surface area (Å²) < 4.78 is 11.8. The van der Waals surface area contributed by atoms with E-state index in [0.717, 1.165) is 32.2 Å². The molecule has 0 radical (unpaired) electrons. The van der Waals surface area contributed by atoms with Crippen LogP contribution in [0.5, 0.6) is 5.75 Å². The van der Waals surface area contributed by atoms with Gasteiger partial charge < -0.3 is 19.7 Å². The van der Waals surface area contributed by atoms with E-state index in [4.69, 9.17) is 9.47 Å². The number of hydrogen-bond donors (Lipinski definition) is 1. The van der Waals surface area contributed by atoms with Crippen LogP contribution in [0.4, 0.5) is 5.69 Å². The fourth-order valence-corrected chi connectivity index (χ4v) is 4.47. The summed E-state index contributed by atoms with van der Waals surface area (Å²) in [5.41, 5.74) is 1.10. The molecule has 2 aliphatic rings. The Morgan fingerprint density at radius 2 is 1.87 bits per heavy atom. The molecule has 3 atom stereocenters. The minimum Gasteiger partial charge on any atom is -0.491 e. The SMILES string of the molecule is CO[C@H]1CN(C)C(=O)c2cc(NC(=O)C3CCCC3)ccc2OC[C@H](C)N(C)C[C@@H]1C. The van der Waals surface area contributed by atoms with Gasteiger partial charge in [0.15, 0.2) is 0 Å². The zero-order valence-electron chi connectivity index (χ0n) is 19.5. The summed E-state index contributed by atoms with van der Waals surface area (Å²) >= 11 is 0. The fourth-order valence-electron chi connectivity index (χ4n) is 4.47. The van der Waals surface area contributed by atoms with Crippen LogP contribution in [0.1, 0.15) is 49.9 Å². The van der Waals surface area contributed by atoms with Gasteiger partial charge in [0, 0.05) is 44.9 Å². The number of benzene rings is 1. The zero-order chi connectivity index (χ0) is 22.5. The van der Waals surface area contributed by atoms with Crippen LogP contribution in [-0.4, -0.2) is 74.7 Å². The lowest BCUT2D eigenvalue weighted by Crippen LogP contribution is -2.45. The maximum absolute atomic E-state index is 13.3. The Bertz CT molecular complexity index is 778. The van der Waals surface area contributed by atoms with Crippen molar-refractivity contribution in [2.24, 2.45) is 11.8 Å². The fraction of sp³-hybridized carbons (Fsp3) is 0.667. The number of anilines is 1. The first-order chi connectivity index (χ1) is 14.8. The van der Waals surface area contributed by atoms with Crippen LogP contribution in [-0.2, 0) is 9.53 Å². The lowest BCUT2D eigenvalue weighted by Gasteiger charge is -2.34. The molecule has 1 fully saturated rings. The van der Waals surface area contributed by atoms with E-state index in [-0.39, 0.29) is 35.8 Å². The highest BCUT2D eigenvalue weighted by molar-refractivity contribution is 5.99. The molecule has 1 aliphatic carbocycles. The molecule has 0 aromatic heterocycles. The molecule has 1 saturated carbocycles. The van der Waals surface area contributed by atoms with E-state index >= 15 is 0 Å². The maximum Gasteiger partial charge on any atom is 0.257 e. The topological polar surface area (TPSA) is 71.1 Å². The molecule has 31 heavy (non-hydrogen) atoms. The highest BCUT2D eigenvalue weighted by Gasteiger charge is 2.28. The number of nitrogens with one attached hydrogen (secondary N) is 1. The molecule has 1 aromatic carbocycles. The van der Waals surface area contributed by atoms with Crippen molar-refractivity contribution >= 4 is 17.5 Å². The number of methoxy groups -OCH3 is 1. The first-order valence-corrected chi connectivity index (χ1v) is 11.4. The van der Waals surface area contributed by atoms with Crippen molar-refractivity contribution in [1.82, 2.24) is 9.80 Å². The molecule has 7 nitrogen and oxygen atoms in total. The summed E-state index contributed by atoms with van der Waals surface area (Å²) in [6, 6.07) is 5.54. The van der Waals surface area contributed by atoms with Gasteiger partial charge in [-0.3, -0.25) is 14.5 Å². The molecule has 0 saturated heterocycles. The molecule has 1 aliphatic heterocycles. The Hall–Kier alpha value is -2.12. The predicted octanol–water partition coefficient (Wildman–Crippen LogP) is 3.25. The standard InChI is InChI=1S/C24H37N3O4/c1-16-13-26(3)17(2)15-31-21-11-10-19(25-23(28)18-8-6-7-9-18)12-20(21)24(29)27(4)14-22(16)30-5/h10-12,16-18,22H,6-9,13-15H2,1-5H3,(H,25,28)/t16-,17-,22-/m0/s1. The smallest absolute Gasteiger partial charge is 0.257 e. The van der Waals surface area contributed by atoms with E-state index in [1.807, 2.05) is 6.07 Å². The lowest BCUT2D eigenvalue weighted by atomic mass is 10.0. The van der Waals surface area contributed by atoms with E-state index in [9.17, 15) is 9.59 Å². The molecule has 3 rings (SSSR count). The van der Waals surface area contributed by atoms with Gasteiger partial charge >= 0.3 is 0 Å². The number of carbonyl (C=O) groups is 2. The molecular formula is C24H37N3O4. The van der Waals surface area contributed by atoms with Crippen LogP contribution in [0.3, 0.4) is 0 Å². The third-order valence-corrected chi connectivity index (χ3v) is 6.75. The number of likely N-dealkylation sites (N-methyl/N-ethyl adjacent to an activating group) is 2. The molecule has 0 spiro atoms. The van der Waals surface area contributed by atoms with Crippen LogP contribution in [0.15, 0.2) is 18.2 Å². The number of carbonyl (C=O) groups excluding carboxylic acids is 2. The Labute approximate surface area is 186 Å². The van der Waals surface area contributed by atoms with Crippen LogP contribution in [0.2, 0.25) is 0 Å². The second-order valence-electron chi connectivity index (χ2n) is 9.22. The van der Waals surface area contributed by atoms with Crippen LogP contribution >= 0.6 is 0 Å². The highest BCUT2D eigenvalue weighted by atomic mass is 16.5. The molecule has 1 N–H and O–H groups in total. The van der Waals surface area contributed by atoms with Gasteiger partial charge in [0.25, 0.3) is 5.91 Å². The van der Waals surface area contributed by atoms with Crippen LogP contribution in [0.25, 0.3) is 0 Å². The Morgan fingerprint density at radius 1 is 1.16 bits per heavy atom. The molecule has 1 aromatic rings. The maximum atomic E-state index is 13.3. The lowest BCUT2D eigenvalue weighted by molar-refractivity contribution is -0.119. The first-order valence-electron chi connectivity index (χ1n) is 11.4. The minimum absolute atomic E-state index is 0.0378. The largest absolute Gasteiger partial charge is 0.491 e. The van der Waals surface area contributed by atoms with Crippen LogP contribution < -0.4 is 10.1 Å². The molecule has 0 bridgehead atoms. The van der Waals surface area contributed by atoms with E-state index in [1.165, 1.54) is 0 Å². The van der Waals surface area contributed by atoms with Gasteiger partial charge in [-0.25, -0.2) is 0 Å². The Balaban J connectivity index is 1.87.